The molecule has 6 heteroatoms. The van der Waals surface area contributed by atoms with Crippen LogP contribution in [0, 0.1) is 11.6 Å². The molecule has 0 aliphatic heterocycles. The standard InChI is InChI=1S/C13H12BrF2N3/c14-11-2-1-3-18-13(11)12(19-17)6-8-4-9(15)7-10(16)5-8/h1-5,7,12,19H,6,17H2. The van der Waals surface area contributed by atoms with Gasteiger partial charge in [0.15, 0.2) is 0 Å². The lowest BCUT2D eigenvalue weighted by Gasteiger charge is -2.16. The Morgan fingerprint density at radius 1 is 1.26 bits per heavy atom. The van der Waals surface area contributed by atoms with Crippen LogP contribution in [0.15, 0.2) is 41.0 Å². The lowest BCUT2D eigenvalue weighted by atomic mass is 10.0. The topological polar surface area (TPSA) is 50.9 Å². The Hall–Kier alpha value is -1.37. The minimum absolute atomic E-state index is 0.334. The number of aromatic nitrogens is 1. The third-order valence-electron chi connectivity index (χ3n) is 2.68. The lowest BCUT2D eigenvalue weighted by Crippen LogP contribution is -2.30. The average Bonchev–Trinajstić information content (AvgIpc) is 2.36. The second-order valence-corrected chi connectivity index (χ2v) is 4.93. The van der Waals surface area contributed by atoms with Gasteiger partial charge < -0.3 is 0 Å². The summed E-state index contributed by atoms with van der Waals surface area (Å²) in [6, 6.07) is 6.68. The van der Waals surface area contributed by atoms with Gasteiger partial charge in [0.05, 0.1) is 11.7 Å². The molecular formula is C13H12BrF2N3. The third kappa shape index (κ3) is 3.56. The first-order valence-electron chi connectivity index (χ1n) is 5.61. The van der Waals surface area contributed by atoms with Crippen molar-refractivity contribution in [1.82, 2.24) is 10.4 Å². The third-order valence-corrected chi connectivity index (χ3v) is 3.35. The van der Waals surface area contributed by atoms with E-state index in [1.165, 1.54) is 12.1 Å². The van der Waals surface area contributed by atoms with Crippen LogP contribution in [0.3, 0.4) is 0 Å². The van der Waals surface area contributed by atoms with E-state index in [1.54, 1.807) is 12.3 Å². The van der Waals surface area contributed by atoms with E-state index in [0.29, 0.717) is 17.7 Å². The van der Waals surface area contributed by atoms with E-state index in [2.05, 4.69) is 26.3 Å². The molecule has 0 fully saturated rings. The second kappa shape index (κ2) is 6.18. The van der Waals surface area contributed by atoms with Gasteiger partial charge in [-0.1, -0.05) is 0 Å². The van der Waals surface area contributed by atoms with Crippen LogP contribution in [-0.4, -0.2) is 4.98 Å². The summed E-state index contributed by atoms with van der Waals surface area (Å²) in [5, 5.41) is 0. The van der Waals surface area contributed by atoms with Crippen molar-refractivity contribution < 1.29 is 8.78 Å². The number of halogens is 3. The fourth-order valence-electron chi connectivity index (χ4n) is 1.85. The minimum atomic E-state index is -0.606. The van der Waals surface area contributed by atoms with Gasteiger partial charge in [-0.3, -0.25) is 16.3 Å². The summed E-state index contributed by atoms with van der Waals surface area (Å²) >= 11 is 3.37. The molecule has 0 bridgehead atoms. The highest BCUT2D eigenvalue weighted by Crippen LogP contribution is 2.24. The number of nitrogens with two attached hydrogens (primary N) is 1. The number of hydrogen-bond acceptors (Lipinski definition) is 3. The fourth-order valence-corrected chi connectivity index (χ4v) is 2.38. The van der Waals surface area contributed by atoms with Gasteiger partial charge in [0, 0.05) is 16.7 Å². The van der Waals surface area contributed by atoms with Crippen molar-refractivity contribution in [3.05, 3.63) is 63.9 Å². The SMILES string of the molecule is NNC(Cc1cc(F)cc(F)c1)c1ncccc1Br. The van der Waals surface area contributed by atoms with E-state index >= 15 is 0 Å². The molecule has 0 amide bonds. The van der Waals surface area contributed by atoms with Crippen LogP contribution in [-0.2, 0) is 6.42 Å². The van der Waals surface area contributed by atoms with Crippen LogP contribution in [0.25, 0.3) is 0 Å². The Morgan fingerprint density at radius 3 is 2.53 bits per heavy atom. The molecule has 0 aliphatic rings. The minimum Gasteiger partial charge on any atom is -0.271 e. The maximum Gasteiger partial charge on any atom is 0.126 e. The zero-order valence-electron chi connectivity index (χ0n) is 9.91. The van der Waals surface area contributed by atoms with Crippen LogP contribution in [0.4, 0.5) is 8.78 Å². The fraction of sp³-hybridized carbons (Fsp3) is 0.154. The molecule has 3 nitrogen and oxygen atoms in total. The molecule has 2 rings (SSSR count). The first kappa shape index (κ1) is 14.0. The molecular weight excluding hydrogens is 316 g/mol. The lowest BCUT2D eigenvalue weighted by molar-refractivity contribution is 0.527. The van der Waals surface area contributed by atoms with E-state index in [4.69, 9.17) is 5.84 Å². The van der Waals surface area contributed by atoms with E-state index in [0.717, 1.165) is 10.5 Å². The van der Waals surface area contributed by atoms with E-state index in [1.807, 2.05) is 6.07 Å². The van der Waals surface area contributed by atoms with Crippen LogP contribution in [0.5, 0.6) is 0 Å². The summed E-state index contributed by atoms with van der Waals surface area (Å²) in [6.07, 6.45) is 1.97. The van der Waals surface area contributed by atoms with Crippen molar-refractivity contribution in [2.45, 2.75) is 12.5 Å². The summed E-state index contributed by atoms with van der Waals surface area (Å²) in [5.74, 6) is 4.29. The van der Waals surface area contributed by atoms with Gasteiger partial charge in [-0.05, 0) is 52.2 Å². The normalized spacial score (nSPS) is 12.4. The summed E-state index contributed by atoms with van der Waals surface area (Å²) in [5.41, 5.74) is 3.81. The zero-order chi connectivity index (χ0) is 13.8. The summed E-state index contributed by atoms with van der Waals surface area (Å²) in [7, 11) is 0. The molecule has 1 heterocycles. The summed E-state index contributed by atoms with van der Waals surface area (Å²) in [4.78, 5) is 4.21. The van der Waals surface area contributed by atoms with Gasteiger partial charge in [0.2, 0.25) is 0 Å². The van der Waals surface area contributed by atoms with Gasteiger partial charge in [0.25, 0.3) is 0 Å². The monoisotopic (exact) mass is 327 g/mol. The molecule has 0 aliphatic carbocycles. The highest BCUT2D eigenvalue weighted by molar-refractivity contribution is 9.10. The maximum atomic E-state index is 13.1. The van der Waals surface area contributed by atoms with Crippen molar-refractivity contribution in [1.29, 1.82) is 0 Å². The molecule has 2 aromatic rings. The molecule has 0 spiro atoms. The molecule has 3 N–H and O–H groups in total. The van der Waals surface area contributed by atoms with Crippen molar-refractivity contribution in [3.8, 4) is 0 Å². The highest BCUT2D eigenvalue weighted by atomic mass is 79.9. The second-order valence-electron chi connectivity index (χ2n) is 4.07. The largest absolute Gasteiger partial charge is 0.271 e. The van der Waals surface area contributed by atoms with E-state index in [9.17, 15) is 8.78 Å². The van der Waals surface area contributed by atoms with Gasteiger partial charge in [0.1, 0.15) is 11.6 Å². The molecule has 1 aromatic heterocycles. The molecule has 100 valence electrons. The number of pyridine rings is 1. The molecule has 1 aromatic carbocycles. The molecule has 19 heavy (non-hydrogen) atoms. The highest BCUT2D eigenvalue weighted by Gasteiger charge is 2.15. The molecule has 0 saturated carbocycles. The number of hydrazine groups is 1. The van der Waals surface area contributed by atoms with Crippen molar-refractivity contribution >= 4 is 15.9 Å². The van der Waals surface area contributed by atoms with Crippen LogP contribution >= 0.6 is 15.9 Å². The number of rotatable bonds is 4. The number of hydrogen-bond donors (Lipinski definition) is 2. The number of nitrogens with one attached hydrogen (secondary N) is 1. The first-order chi connectivity index (χ1) is 9.10. The van der Waals surface area contributed by atoms with Crippen LogP contribution in [0.1, 0.15) is 17.3 Å². The first-order valence-corrected chi connectivity index (χ1v) is 6.41. The molecule has 1 unspecified atom stereocenters. The Balaban J connectivity index is 2.26. The van der Waals surface area contributed by atoms with Crippen molar-refractivity contribution in [3.63, 3.8) is 0 Å². The van der Waals surface area contributed by atoms with E-state index in [-0.39, 0.29) is 6.04 Å². The Bertz CT molecular complexity index is 557. The predicted molar refractivity (Wildman–Crippen MR) is 72.1 cm³/mol. The van der Waals surface area contributed by atoms with Crippen molar-refractivity contribution in [2.75, 3.05) is 0 Å². The van der Waals surface area contributed by atoms with Crippen LogP contribution < -0.4 is 11.3 Å². The van der Waals surface area contributed by atoms with E-state index < -0.39 is 11.6 Å². The zero-order valence-corrected chi connectivity index (χ0v) is 11.5. The van der Waals surface area contributed by atoms with Crippen molar-refractivity contribution in [2.24, 2.45) is 5.84 Å². The van der Waals surface area contributed by atoms with Gasteiger partial charge in [-0.25, -0.2) is 8.78 Å². The number of benzene rings is 1. The Morgan fingerprint density at radius 2 is 1.95 bits per heavy atom. The smallest absolute Gasteiger partial charge is 0.126 e. The maximum absolute atomic E-state index is 13.1. The van der Waals surface area contributed by atoms with Gasteiger partial charge in [-0.15, -0.1) is 0 Å². The van der Waals surface area contributed by atoms with Gasteiger partial charge >= 0.3 is 0 Å². The number of nitrogens with zero attached hydrogens (tertiary/aromatic N) is 1. The quantitative estimate of drug-likeness (QED) is 0.670. The van der Waals surface area contributed by atoms with Gasteiger partial charge in [-0.2, -0.15) is 0 Å². The molecule has 1 atom stereocenters. The average molecular weight is 328 g/mol. The summed E-state index contributed by atoms with van der Waals surface area (Å²) < 4.78 is 27.1. The predicted octanol–water partition coefficient (Wildman–Crippen LogP) is 2.87. The molecule has 0 saturated heterocycles. The summed E-state index contributed by atoms with van der Waals surface area (Å²) in [6.45, 7) is 0. The Labute approximate surface area is 117 Å². The van der Waals surface area contributed by atoms with Crippen LogP contribution in [0.2, 0.25) is 0 Å². The Kier molecular flexibility index (Phi) is 4.57. The molecule has 0 radical (unpaired) electrons.